The number of nitrogens with two attached hydrogens (primary N) is 1. The molecule has 1 unspecified atom stereocenters. The standard InChI is InChI=1S/C13H15F6N/c1-11(2,3)10(20)9-7(12(14,15)16)5-4-6-8(9)13(17,18)19/h4-6,10H,20H2,1-3H3. The van der Waals surface area contributed by atoms with Gasteiger partial charge in [0.05, 0.1) is 11.1 Å². The first-order chi connectivity index (χ1) is 8.76. The van der Waals surface area contributed by atoms with E-state index in [9.17, 15) is 26.3 Å². The van der Waals surface area contributed by atoms with Crippen LogP contribution in [0, 0.1) is 5.41 Å². The highest BCUT2D eigenvalue weighted by Gasteiger charge is 2.43. The van der Waals surface area contributed by atoms with E-state index in [0.29, 0.717) is 12.1 Å². The van der Waals surface area contributed by atoms with E-state index in [-0.39, 0.29) is 0 Å². The van der Waals surface area contributed by atoms with Gasteiger partial charge in [-0.05, 0) is 23.1 Å². The molecule has 0 aliphatic heterocycles. The Morgan fingerprint density at radius 2 is 1.20 bits per heavy atom. The van der Waals surface area contributed by atoms with Gasteiger partial charge < -0.3 is 5.73 Å². The summed E-state index contributed by atoms with van der Waals surface area (Å²) in [7, 11) is 0. The Morgan fingerprint density at radius 3 is 1.45 bits per heavy atom. The number of rotatable bonds is 1. The van der Waals surface area contributed by atoms with Gasteiger partial charge in [-0.25, -0.2) is 0 Å². The van der Waals surface area contributed by atoms with Crippen LogP contribution in [0.25, 0.3) is 0 Å². The molecule has 0 heterocycles. The van der Waals surface area contributed by atoms with Crippen LogP contribution in [0.4, 0.5) is 26.3 Å². The molecule has 1 aromatic rings. The molecule has 0 aliphatic rings. The lowest BCUT2D eigenvalue weighted by Gasteiger charge is -2.31. The van der Waals surface area contributed by atoms with Crippen LogP contribution in [-0.4, -0.2) is 0 Å². The van der Waals surface area contributed by atoms with Gasteiger partial charge in [0.2, 0.25) is 0 Å². The third kappa shape index (κ3) is 3.45. The summed E-state index contributed by atoms with van der Waals surface area (Å²) in [5.74, 6) is 0. The van der Waals surface area contributed by atoms with E-state index in [0.717, 1.165) is 6.07 Å². The second-order valence-corrected chi connectivity index (χ2v) is 5.61. The molecular formula is C13H15F6N. The molecule has 114 valence electrons. The maximum absolute atomic E-state index is 12.9. The zero-order valence-corrected chi connectivity index (χ0v) is 11.2. The number of hydrogen-bond acceptors (Lipinski definition) is 1. The van der Waals surface area contributed by atoms with Crippen molar-refractivity contribution >= 4 is 0 Å². The first-order valence-electron chi connectivity index (χ1n) is 5.79. The average Bonchev–Trinajstić information content (AvgIpc) is 2.23. The van der Waals surface area contributed by atoms with E-state index >= 15 is 0 Å². The molecule has 0 bridgehead atoms. The van der Waals surface area contributed by atoms with Crippen molar-refractivity contribution in [3.63, 3.8) is 0 Å². The van der Waals surface area contributed by atoms with Gasteiger partial charge in [-0.2, -0.15) is 26.3 Å². The molecule has 20 heavy (non-hydrogen) atoms. The van der Waals surface area contributed by atoms with Gasteiger partial charge in [0.1, 0.15) is 0 Å². The Hall–Kier alpha value is -1.24. The van der Waals surface area contributed by atoms with E-state index in [1.54, 1.807) is 0 Å². The van der Waals surface area contributed by atoms with Crippen LogP contribution in [0.1, 0.15) is 43.5 Å². The molecule has 0 fully saturated rings. The fraction of sp³-hybridized carbons (Fsp3) is 0.538. The van der Waals surface area contributed by atoms with E-state index < -0.39 is 40.5 Å². The SMILES string of the molecule is CC(C)(C)C(N)c1c(C(F)(F)F)cccc1C(F)(F)F. The summed E-state index contributed by atoms with van der Waals surface area (Å²) in [4.78, 5) is 0. The zero-order valence-electron chi connectivity index (χ0n) is 11.2. The zero-order chi connectivity index (χ0) is 15.9. The van der Waals surface area contributed by atoms with Gasteiger partial charge >= 0.3 is 12.4 Å². The molecule has 1 aromatic carbocycles. The minimum Gasteiger partial charge on any atom is -0.323 e. The summed E-state index contributed by atoms with van der Waals surface area (Å²) < 4.78 is 77.7. The lowest BCUT2D eigenvalue weighted by Crippen LogP contribution is -2.31. The van der Waals surface area contributed by atoms with E-state index in [1.165, 1.54) is 20.8 Å². The minimum absolute atomic E-state index is 0.621. The number of halogens is 6. The maximum Gasteiger partial charge on any atom is 0.416 e. The largest absolute Gasteiger partial charge is 0.416 e. The molecular weight excluding hydrogens is 284 g/mol. The average molecular weight is 299 g/mol. The molecule has 0 amide bonds. The lowest BCUT2D eigenvalue weighted by atomic mass is 9.79. The molecule has 2 N–H and O–H groups in total. The number of alkyl halides is 6. The summed E-state index contributed by atoms with van der Waals surface area (Å²) >= 11 is 0. The van der Waals surface area contributed by atoms with Gasteiger partial charge in [-0.3, -0.25) is 0 Å². The highest BCUT2D eigenvalue weighted by atomic mass is 19.4. The smallest absolute Gasteiger partial charge is 0.323 e. The van der Waals surface area contributed by atoms with Crippen molar-refractivity contribution in [3.8, 4) is 0 Å². The summed E-state index contributed by atoms with van der Waals surface area (Å²) in [6.45, 7) is 4.47. The topological polar surface area (TPSA) is 26.0 Å². The highest BCUT2D eigenvalue weighted by molar-refractivity contribution is 5.41. The summed E-state index contributed by atoms with van der Waals surface area (Å²) in [5.41, 5.74) is 1.14. The Labute approximate surface area is 112 Å². The third-order valence-corrected chi connectivity index (χ3v) is 2.96. The third-order valence-electron chi connectivity index (χ3n) is 2.96. The van der Waals surface area contributed by atoms with Crippen molar-refractivity contribution in [2.75, 3.05) is 0 Å². The quantitative estimate of drug-likeness (QED) is 0.743. The van der Waals surface area contributed by atoms with Crippen LogP contribution in [0.15, 0.2) is 18.2 Å². The molecule has 0 aromatic heterocycles. The molecule has 1 rings (SSSR count). The Balaban J connectivity index is 3.66. The predicted molar refractivity (Wildman–Crippen MR) is 62.8 cm³/mol. The normalized spacial score (nSPS) is 15.3. The van der Waals surface area contributed by atoms with Crippen LogP contribution in [0.3, 0.4) is 0 Å². The fourth-order valence-corrected chi connectivity index (χ4v) is 1.83. The van der Waals surface area contributed by atoms with Crippen molar-refractivity contribution in [2.24, 2.45) is 11.1 Å². The monoisotopic (exact) mass is 299 g/mol. The van der Waals surface area contributed by atoms with Crippen molar-refractivity contribution < 1.29 is 26.3 Å². The van der Waals surface area contributed by atoms with E-state index in [1.807, 2.05) is 0 Å². The summed E-state index contributed by atoms with van der Waals surface area (Å²) in [6, 6.07) is 0.591. The highest BCUT2D eigenvalue weighted by Crippen LogP contribution is 2.45. The Morgan fingerprint density at radius 1 is 0.850 bits per heavy atom. The maximum atomic E-state index is 12.9. The fourth-order valence-electron chi connectivity index (χ4n) is 1.83. The van der Waals surface area contributed by atoms with Crippen LogP contribution in [0.5, 0.6) is 0 Å². The van der Waals surface area contributed by atoms with Gasteiger partial charge in [-0.1, -0.05) is 26.8 Å². The first-order valence-corrected chi connectivity index (χ1v) is 5.79. The molecule has 1 atom stereocenters. The summed E-state index contributed by atoms with van der Waals surface area (Å²) in [6.07, 6.45) is -9.78. The van der Waals surface area contributed by atoms with Crippen LogP contribution in [-0.2, 0) is 12.4 Å². The van der Waals surface area contributed by atoms with Crippen LogP contribution in [0.2, 0.25) is 0 Å². The molecule has 0 saturated carbocycles. The van der Waals surface area contributed by atoms with Crippen molar-refractivity contribution in [2.45, 2.75) is 39.2 Å². The molecule has 1 nitrogen and oxygen atoms in total. The first kappa shape index (κ1) is 16.8. The van der Waals surface area contributed by atoms with Gasteiger partial charge in [0.15, 0.2) is 0 Å². The van der Waals surface area contributed by atoms with Crippen LogP contribution >= 0.6 is 0 Å². The minimum atomic E-state index is -4.89. The molecule has 0 radical (unpaired) electrons. The Bertz CT molecular complexity index is 449. The van der Waals surface area contributed by atoms with Crippen molar-refractivity contribution in [1.29, 1.82) is 0 Å². The number of benzene rings is 1. The molecule has 7 heteroatoms. The summed E-state index contributed by atoms with van der Waals surface area (Å²) in [5, 5.41) is 0. The van der Waals surface area contributed by atoms with Crippen molar-refractivity contribution in [3.05, 3.63) is 34.9 Å². The van der Waals surface area contributed by atoms with Crippen LogP contribution < -0.4 is 5.73 Å². The van der Waals surface area contributed by atoms with Gasteiger partial charge in [0, 0.05) is 6.04 Å². The van der Waals surface area contributed by atoms with Crippen molar-refractivity contribution in [1.82, 2.24) is 0 Å². The molecule has 0 aliphatic carbocycles. The second-order valence-electron chi connectivity index (χ2n) is 5.61. The molecule has 0 saturated heterocycles. The van der Waals surface area contributed by atoms with Gasteiger partial charge in [0.25, 0.3) is 0 Å². The molecule has 0 spiro atoms. The Kier molecular flexibility index (Phi) is 4.16. The lowest BCUT2D eigenvalue weighted by molar-refractivity contribution is -0.145. The van der Waals surface area contributed by atoms with Gasteiger partial charge in [-0.15, -0.1) is 0 Å². The number of hydrogen-bond donors (Lipinski definition) is 1. The van der Waals surface area contributed by atoms with E-state index in [2.05, 4.69) is 0 Å². The predicted octanol–water partition coefficient (Wildman–Crippen LogP) is 4.77. The second kappa shape index (κ2) is 4.95. The van der Waals surface area contributed by atoms with E-state index in [4.69, 9.17) is 5.73 Å².